The van der Waals surface area contributed by atoms with Gasteiger partial charge in [-0.15, -0.1) is 0 Å². The van der Waals surface area contributed by atoms with E-state index in [0.29, 0.717) is 0 Å². The van der Waals surface area contributed by atoms with Gasteiger partial charge in [0.25, 0.3) is 0 Å². The quantitative estimate of drug-likeness (QED) is 0.892. The molecule has 0 aromatic heterocycles. The van der Waals surface area contributed by atoms with Gasteiger partial charge < -0.3 is 5.73 Å². The van der Waals surface area contributed by atoms with E-state index in [9.17, 15) is 4.39 Å². The maximum absolute atomic E-state index is 13.1. The van der Waals surface area contributed by atoms with Crippen LogP contribution in [0, 0.1) is 11.7 Å². The predicted molar refractivity (Wildman–Crippen MR) is 72.4 cm³/mol. The van der Waals surface area contributed by atoms with Crippen LogP contribution >= 0.6 is 15.9 Å². The summed E-state index contributed by atoms with van der Waals surface area (Å²) in [4.78, 5) is 0. The van der Waals surface area contributed by atoms with Gasteiger partial charge in [-0.2, -0.15) is 0 Å². The Morgan fingerprint density at radius 1 is 1.35 bits per heavy atom. The molecule has 1 unspecified atom stereocenters. The maximum atomic E-state index is 13.1. The fourth-order valence-electron chi connectivity index (χ4n) is 2.74. The van der Waals surface area contributed by atoms with Crippen molar-refractivity contribution in [3.05, 3.63) is 34.1 Å². The minimum absolute atomic E-state index is 0.149. The Kier molecular flexibility index (Phi) is 4.57. The largest absolute Gasteiger partial charge is 0.327 e. The first-order valence-electron chi connectivity index (χ1n) is 6.34. The zero-order chi connectivity index (χ0) is 12.3. The Morgan fingerprint density at radius 3 is 2.76 bits per heavy atom. The smallest absolute Gasteiger partial charge is 0.123 e. The summed E-state index contributed by atoms with van der Waals surface area (Å²) < 4.78 is 14.1. The monoisotopic (exact) mass is 299 g/mol. The van der Waals surface area contributed by atoms with Gasteiger partial charge in [0, 0.05) is 10.5 Å². The highest BCUT2D eigenvalue weighted by atomic mass is 79.9. The lowest BCUT2D eigenvalue weighted by molar-refractivity contribution is 0.440. The highest BCUT2D eigenvalue weighted by molar-refractivity contribution is 9.10. The molecule has 1 atom stereocenters. The maximum Gasteiger partial charge on any atom is 0.123 e. The normalized spacial score (nSPS) is 18.5. The van der Waals surface area contributed by atoms with Crippen molar-refractivity contribution in [3.63, 3.8) is 0 Å². The molecule has 2 N–H and O–H groups in total. The van der Waals surface area contributed by atoms with Gasteiger partial charge in [-0.05, 0) is 42.5 Å². The summed E-state index contributed by atoms with van der Waals surface area (Å²) in [5.41, 5.74) is 7.14. The minimum atomic E-state index is -0.184. The molecule has 1 aromatic carbocycles. The Bertz CT molecular complexity index is 374. The molecule has 0 aliphatic heterocycles. The number of hydrogen-bond donors (Lipinski definition) is 1. The molecule has 3 heteroatoms. The molecule has 0 heterocycles. The molecule has 1 aliphatic carbocycles. The van der Waals surface area contributed by atoms with E-state index < -0.39 is 0 Å². The van der Waals surface area contributed by atoms with Crippen LogP contribution in [0.4, 0.5) is 4.39 Å². The molecule has 1 nitrogen and oxygen atoms in total. The summed E-state index contributed by atoms with van der Waals surface area (Å²) in [6, 6.07) is 4.96. The summed E-state index contributed by atoms with van der Waals surface area (Å²) in [7, 11) is 0. The second-order valence-electron chi connectivity index (χ2n) is 5.09. The Hall–Kier alpha value is -0.410. The van der Waals surface area contributed by atoms with Gasteiger partial charge in [0.05, 0.1) is 0 Å². The first kappa shape index (κ1) is 13.0. The van der Waals surface area contributed by atoms with Gasteiger partial charge in [0.1, 0.15) is 5.82 Å². The molecular formula is C14H19BrFN. The van der Waals surface area contributed by atoms with Crippen molar-refractivity contribution in [1.29, 1.82) is 0 Å². The molecule has 2 rings (SSSR count). The summed E-state index contributed by atoms with van der Waals surface area (Å²) >= 11 is 3.45. The van der Waals surface area contributed by atoms with E-state index in [4.69, 9.17) is 5.73 Å². The molecule has 94 valence electrons. The van der Waals surface area contributed by atoms with E-state index in [2.05, 4.69) is 15.9 Å². The lowest BCUT2D eigenvalue weighted by atomic mass is 9.94. The zero-order valence-electron chi connectivity index (χ0n) is 9.96. The van der Waals surface area contributed by atoms with E-state index >= 15 is 0 Å². The minimum Gasteiger partial charge on any atom is -0.327 e. The molecule has 1 saturated carbocycles. The van der Waals surface area contributed by atoms with Crippen molar-refractivity contribution in [3.8, 4) is 0 Å². The van der Waals surface area contributed by atoms with Crippen molar-refractivity contribution in [2.24, 2.45) is 11.7 Å². The van der Waals surface area contributed by atoms with Crippen LogP contribution in [-0.2, 0) is 6.42 Å². The van der Waals surface area contributed by atoms with Gasteiger partial charge in [0.15, 0.2) is 0 Å². The molecule has 0 radical (unpaired) electrons. The highest BCUT2D eigenvalue weighted by Gasteiger charge is 2.18. The second-order valence-corrected chi connectivity index (χ2v) is 5.94. The van der Waals surface area contributed by atoms with Gasteiger partial charge in [-0.1, -0.05) is 41.6 Å². The molecule has 1 aromatic rings. The van der Waals surface area contributed by atoms with Crippen LogP contribution in [0.1, 0.15) is 37.7 Å². The number of hydrogen-bond acceptors (Lipinski definition) is 1. The topological polar surface area (TPSA) is 26.0 Å². The van der Waals surface area contributed by atoms with Crippen LogP contribution < -0.4 is 5.73 Å². The van der Waals surface area contributed by atoms with Crippen LogP contribution in [0.2, 0.25) is 0 Å². The van der Waals surface area contributed by atoms with Crippen molar-refractivity contribution in [1.82, 2.24) is 0 Å². The highest BCUT2D eigenvalue weighted by Crippen LogP contribution is 2.29. The van der Waals surface area contributed by atoms with Crippen LogP contribution in [0.3, 0.4) is 0 Å². The number of halogens is 2. The fourth-order valence-corrected chi connectivity index (χ4v) is 3.15. The Labute approximate surface area is 111 Å². The lowest BCUT2D eigenvalue weighted by Gasteiger charge is -2.17. The number of rotatable bonds is 4. The molecule has 0 spiro atoms. The summed E-state index contributed by atoms with van der Waals surface area (Å²) in [5.74, 6) is 0.605. The van der Waals surface area contributed by atoms with Crippen molar-refractivity contribution in [2.75, 3.05) is 0 Å². The van der Waals surface area contributed by atoms with E-state index in [1.165, 1.54) is 31.7 Å². The average molecular weight is 300 g/mol. The van der Waals surface area contributed by atoms with Crippen LogP contribution in [-0.4, -0.2) is 6.04 Å². The lowest BCUT2D eigenvalue weighted by Crippen LogP contribution is -2.25. The van der Waals surface area contributed by atoms with E-state index in [0.717, 1.165) is 28.8 Å². The first-order chi connectivity index (χ1) is 8.15. The molecule has 1 aliphatic rings. The predicted octanol–water partition coefficient (Wildman–Crippen LogP) is 4.04. The Morgan fingerprint density at radius 2 is 2.06 bits per heavy atom. The molecule has 17 heavy (non-hydrogen) atoms. The summed E-state index contributed by atoms with van der Waals surface area (Å²) in [6.45, 7) is 0. The van der Waals surface area contributed by atoms with Gasteiger partial charge in [-0.25, -0.2) is 4.39 Å². The molecule has 0 saturated heterocycles. The van der Waals surface area contributed by atoms with Crippen molar-refractivity contribution >= 4 is 15.9 Å². The van der Waals surface area contributed by atoms with Crippen molar-refractivity contribution < 1.29 is 4.39 Å². The fraction of sp³-hybridized carbons (Fsp3) is 0.571. The first-order valence-corrected chi connectivity index (χ1v) is 7.14. The average Bonchev–Trinajstić information content (AvgIpc) is 2.76. The third kappa shape index (κ3) is 3.78. The van der Waals surface area contributed by atoms with Gasteiger partial charge in [-0.3, -0.25) is 0 Å². The second kappa shape index (κ2) is 5.96. The van der Waals surface area contributed by atoms with E-state index in [-0.39, 0.29) is 11.9 Å². The Balaban J connectivity index is 1.92. The molecule has 0 amide bonds. The third-order valence-corrected chi connectivity index (χ3v) is 4.37. The number of nitrogens with two attached hydrogens (primary N) is 1. The van der Waals surface area contributed by atoms with E-state index in [1.54, 1.807) is 12.1 Å². The van der Waals surface area contributed by atoms with E-state index in [1.807, 2.05) is 0 Å². The third-order valence-electron chi connectivity index (χ3n) is 3.60. The molecule has 0 bridgehead atoms. The zero-order valence-corrected chi connectivity index (χ0v) is 11.5. The summed E-state index contributed by atoms with van der Waals surface area (Å²) in [5, 5.41) is 0. The van der Waals surface area contributed by atoms with Gasteiger partial charge >= 0.3 is 0 Å². The van der Waals surface area contributed by atoms with Crippen LogP contribution in [0.15, 0.2) is 22.7 Å². The SMILES string of the molecule is NC(Cc1cc(F)ccc1Br)CC1CCCC1. The number of benzene rings is 1. The van der Waals surface area contributed by atoms with Gasteiger partial charge in [0.2, 0.25) is 0 Å². The standard InChI is InChI=1S/C14H19BrFN/c15-14-6-5-12(16)8-11(14)9-13(17)7-10-3-1-2-4-10/h5-6,8,10,13H,1-4,7,9,17H2. The molecular weight excluding hydrogens is 281 g/mol. The molecule has 1 fully saturated rings. The van der Waals surface area contributed by atoms with Crippen molar-refractivity contribution in [2.45, 2.75) is 44.6 Å². The van der Waals surface area contributed by atoms with Crippen LogP contribution in [0.5, 0.6) is 0 Å². The summed E-state index contributed by atoms with van der Waals surface area (Å²) in [6.07, 6.45) is 7.16. The van der Waals surface area contributed by atoms with Crippen LogP contribution in [0.25, 0.3) is 0 Å².